The van der Waals surface area contributed by atoms with E-state index in [0.29, 0.717) is 15.8 Å². The summed E-state index contributed by atoms with van der Waals surface area (Å²) in [5.41, 5.74) is 11.4. The first kappa shape index (κ1) is 28.9. The second-order valence-electron chi connectivity index (χ2n) is 7.71. The molecular weight excluding hydrogens is 590 g/mol. The third-order valence-electron chi connectivity index (χ3n) is 5.00. The number of aromatic amines is 3. The molecule has 0 bridgehead atoms. The molecule has 1 aliphatic rings. The van der Waals surface area contributed by atoms with Crippen molar-refractivity contribution < 1.29 is 47.6 Å². The fourth-order valence-electron chi connectivity index (χ4n) is 3.42. The molecule has 4 aromatic rings. The molecule has 39 heavy (non-hydrogen) atoms. The Morgan fingerprint density at radius 3 is 2.49 bits per heavy atom. The average Bonchev–Trinajstić information content (AvgIpc) is 3.50. The molecule has 24 heteroatoms. The van der Waals surface area contributed by atoms with Gasteiger partial charge in [0.05, 0.1) is 19.3 Å². The Morgan fingerprint density at radius 1 is 1.10 bits per heavy atom. The van der Waals surface area contributed by atoms with E-state index in [1.807, 2.05) is 0 Å². The van der Waals surface area contributed by atoms with E-state index in [0.717, 1.165) is 10.9 Å². The molecule has 5 heterocycles. The van der Waals surface area contributed by atoms with E-state index < -0.39 is 52.4 Å². The molecule has 12 N–H and O–H groups in total. The van der Waals surface area contributed by atoms with Crippen molar-refractivity contribution in [2.24, 2.45) is 0 Å². The predicted molar refractivity (Wildman–Crippen MR) is 131 cm³/mol. The second-order valence-corrected chi connectivity index (χ2v) is 10.9. The maximum Gasteiger partial charge on any atom is 0.481 e. The highest BCUT2D eigenvalue weighted by Crippen LogP contribution is 2.57. The van der Waals surface area contributed by atoms with Crippen molar-refractivity contribution in [3.05, 3.63) is 27.6 Å². The molecule has 4 aromatic heterocycles. The fourth-order valence-corrected chi connectivity index (χ4v) is 5.27. The van der Waals surface area contributed by atoms with Crippen molar-refractivity contribution in [3.8, 4) is 0 Å². The number of phosphoric acid groups is 2. The highest BCUT2D eigenvalue weighted by atomic mass is 32.1. The van der Waals surface area contributed by atoms with Crippen molar-refractivity contribution >= 4 is 62.1 Å². The number of H-pyrrole nitrogens is 3. The van der Waals surface area contributed by atoms with Gasteiger partial charge in [0.15, 0.2) is 27.7 Å². The standard InChI is InChI=1S/C10H15N5O11P2.C5H5N5S/c11-10-13-7-4(8(18)14-10)12-2-15(7)9-6(17)5(16)3(25-9)1-24-28(22,23)26-27(19,20)21;6-5-9-3-2(4(11)10-5)7-1-8-3/h2-3,5-6,9,16-17H,1H2,(H,22,23)(H2,19,20,21)(H3,11,13,14,18);1H,(H4,6,7,8,9,10,11)/t3-,5-,6-,9-;/m1./s1. The SMILES string of the molecule is Nc1nc(=S)c2[nH]cnc2[nH]1.Nc1nc2c(ncn2[C@@H]2O[C@H](COP(=O)(O)OP(=O)(O)O)[C@@H](O)[C@H]2O)c(=O)[nH]1. The highest BCUT2D eigenvalue weighted by Gasteiger charge is 2.46. The zero-order valence-corrected chi connectivity index (χ0v) is 21.7. The number of ether oxygens (including phenoxy) is 1. The van der Waals surface area contributed by atoms with Crippen LogP contribution in [0.4, 0.5) is 11.9 Å². The Hall–Kier alpha value is -3.14. The number of aromatic nitrogens is 8. The van der Waals surface area contributed by atoms with Crippen LogP contribution in [0.25, 0.3) is 22.3 Å². The number of aliphatic hydroxyl groups excluding tert-OH is 2. The van der Waals surface area contributed by atoms with Gasteiger partial charge in [-0.2, -0.15) is 9.29 Å². The molecule has 0 radical (unpaired) electrons. The minimum absolute atomic E-state index is 0.0586. The summed E-state index contributed by atoms with van der Waals surface area (Å²) in [4.78, 5) is 61.5. The molecule has 1 fully saturated rings. The summed E-state index contributed by atoms with van der Waals surface area (Å²) in [6, 6.07) is 0. The van der Waals surface area contributed by atoms with Crippen molar-refractivity contribution in [1.82, 2.24) is 39.5 Å². The Labute approximate surface area is 219 Å². The van der Waals surface area contributed by atoms with Gasteiger partial charge in [-0.15, -0.1) is 0 Å². The van der Waals surface area contributed by atoms with Crippen LogP contribution in [0.5, 0.6) is 0 Å². The van der Waals surface area contributed by atoms with Gasteiger partial charge in [0.25, 0.3) is 5.56 Å². The number of anilines is 2. The lowest BCUT2D eigenvalue weighted by Crippen LogP contribution is -2.33. The highest BCUT2D eigenvalue weighted by molar-refractivity contribution is 7.71. The Balaban J connectivity index is 0.000000265. The number of phosphoric ester groups is 1. The normalized spacial score (nSPS) is 23.0. The lowest BCUT2D eigenvalue weighted by Gasteiger charge is -2.17. The van der Waals surface area contributed by atoms with Gasteiger partial charge in [-0.1, -0.05) is 12.2 Å². The number of hydrogen-bond acceptors (Lipinski definition) is 15. The lowest BCUT2D eigenvalue weighted by atomic mass is 10.1. The number of nitrogens with zero attached hydrogens (tertiary/aromatic N) is 5. The quantitative estimate of drug-likeness (QED) is 0.0845. The molecule has 5 atom stereocenters. The van der Waals surface area contributed by atoms with Gasteiger partial charge < -0.3 is 51.1 Å². The minimum atomic E-state index is -5.32. The molecule has 1 unspecified atom stereocenters. The fraction of sp³-hybridized carbons (Fsp3) is 0.333. The van der Waals surface area contributed by atoms with Gasteiger partial charge >= 0.3 is 15.6 Å². The molecule has 0 amide bonds. The van der Waals surface area contributed by atoms with Gasteiger partial charge in [0.1, 0.15) is 23.8 Å². The molecular formula is C15H20N10O11P2S. The van der Waals surface area contributed by atoms with E-state index in [2.05, 4.69) is 43.7 Å². The molecule has 21 nitrogen and oxygen atoms in total. The van der Waals surface area contributed by atoms with Crippen LogP contribution in [0.3, 0.4) is 0 Å². The zero-order chi connectivity index (χ0) is 28.7. The van der Waals surface area contributed by atoms with Crippen molar-refractivity contribution in [1.29, 1.82) is 0 Å². The third-order valence-corrected chi connectivity index (χ3v) is 7.44. The lowest BCUT2D eigenvalue weighted by molar-refractivity contribution is -0.0503. The number of fused-ring (bicyclic) bond motifs is 2. The van der Waals surface area contributed by atoms with Crippen LogP contribution in [-0.2, 0) is 22.7 Å². The first-order valence-corrected chi connectivity index (χ1v) is 13.8. The van der Waals surface area contributed by atoms with Crippen molar-refractivity contribution in [2.75, 3.05) is 18.1 Å². The molecule has 5 rings (SSSR count). The molecule has 212 valence electrons. The predicted octanol–water partition coefficient (Wildman–Crippen LogP) is -1.86. The van der Waals surface area contributed by atoms with E-state index >= 15 is 0 Å². The van der Waals surface area contributed by atoms with Crippen LogP contribution in [0, 0.1) is 4.64 Å². The smallest absolute Gasteiger partial charge is 0.387 e. The van der Waals surface area contributed by atoms with Crippen LogP contribution >= 0.6 is 27.9 Å². The Kier molecular flexibility index (Phi) is 7.98. The summed E-state index contributed by atoms with van der Waals surface area (Å²) >= 11 is 4.91. The number of nitrogens with two attached hydrogens (primary N) is 2. The van der Waals surface area contributed by atoms with Crippen molar-refractivity contribution in [3.63, 3.8) is 0 Å². The summed E-state index contributed by atoms with van der Waals surface area (Å²) in [6.45, 7) is -0.870. The number of nitrogens with one attached hydrogen (secondary N) is 3. The van der Waals surface area contributed by atoms with Crippen LogP contribution in [0.1, 0.15) is 6.23 Å². The first-order valence-electron chi connectivity index (χ1n) is 10.3. The molecule has 0 aliphatic carbocycles. The summed E-state index contributed by atoms with van der Waals surface area (Å²) in [5, 5.41) is 20.3. The number of imidazole rings is 2. The molecule has 0 spiro atoms. The van der Waals surface area contributed by atoms with Gasteiger partial charge in [0, 0.05) is 0 Å². The van der Waals surface area contributed by atoms with Crippen molar-refractivity contribution in [2.45, 2.75) is 24.5 Å². The number of rotatable bonds is 6. The van der Waals surface area contributed by atoms with Crippen LogP contribution < -0.4 is 17.0 Å². The number of aliphatic hydroxyl groups is 2. The average molecular weight is 610 g/mol. The maximum absolute atomic E-state index is 11.8. The van der Waals surface area contributed by atoms with Crippen LogP contribution in [-0.4, -0.2) is 89.3 Å². The van der Waals surface area contributed by atoms with E-state index in [1.165, 1.54) is 6.33 Å². The summed E-state index contributed by atoms with van der Waals surface area (Å²) in [6.07, 6.45) is -3.34. The monoisotopic (exact) mass is 610 g/mol. The maximum atomic E-state index is 11.8. The molecule has 1 saturated heterocycles. The summed E-state index contributed by atoms with van der Waals surface area (Å²) < 4.78 is 37.0. The van der Waals surface area contributed by atoms with Gasteiger partial charge in [-0.3, -0.25) is 18.9 Å². The van der Waals surface area contributed by atoms with E-state index in [1.54, 1.807) is 0 Å². The van der Waals surface area contributed by atoms with Gasteiger partial charge in [-0.05, 0) is 0 Å². The Morgan fingerprint density at radius 2 is 1.79 bits per heavy atom. The summed E-state index contributed by atoms with van der Waals surface area (Å²) in [7, 11) is -10.5. The zero-order valence-electron chi connectivity index (χ0n) is 19.1. The van der Waals surface area contributed by atoms with E-state index in [9.17, 15) is 29.0 Å². The number of nitrogen functional groups attached to an aromatic ring is 2. The number of hydrogen-bond donors (Lipinski definition) is 10. The summed E-state index contributed by atoms with van der Waals surface area (Å²) in [5.74, 6) is 0.0533. The molecule has 1 aliphatic heterocycles. The molecule has 0 saturated carbocycles. The van der Waals surface area contributed by atoms with Gasteiger partial charge in [0.2, 0.25) is 11.9 Å². The third kappa shape index (κ3) is 6.54. The molecule has 0 aromatic carbocycles. The van der Waals surface area contributed by atoms with E-state index in [4.69, 9.17) is 38.2 Å². The minimum Gasteiger partial charge on any atom is -0.387 e. The topological polar surface area (TPSA) is 336 Å². The van der Waals surface area contributed by atoms with E-state index in [-0.39, 0.29) is 23.1 Å². The van der Waals surface area contributed by atoms with Gasteiger partial charge in [-0.25, -0.2) is 24.1 Å². The Bertz CT molecular complexity index is 1720. The van der Waals surface area contributed by atoms with Crippen LogP contribution in [0.15, 0.2) is 17.4 Å². The second kappa shape index (κ2) is 10.8. The first-order chi connectivity index (χ1) is 18.1. The largest absolute Gasteiger partial charge is 0.481 e. The van der Waals surface area contributed by atoms with Crippen LogP contribution in [0.2, 0.25) is 0 Å².